The largest absolute Gasteiger partial charge is 0.496 e. The van der Waals surface area contributed by atoms with Crippen LogP contribution in [-0.2, 0) is 4.74 Å². The van der Waals surface area contributed by atoms with E-state index in [-0.39, 0.29) is 40.9 Å². The van der Waals surface area contributed by atoms with Gasteiger partial charge < -0.3 is 4.74 Å². The summed E-state index contributed by atoms with van der Waals surface area (Å²) in [6.45, 7) is 0. The first kappa shape index (κ1) is 15.0. The van der Waals surface area contributed by atoms with Crippen molar-refractivity contribution in [2.45, 2.75) is 0 Å². The number of allylic oxidation sites excluding steroid dienone is 2. The molecule has 14 heavy (non-hydrogen) atoms. The van der Waals surface area contributed by atoms with Gasteiger partial charge >= 0.3 is 0 Å². The Bertz CT molecular complexity index is 358. The van der Waals surface area contributed by atoms with E-state index < -0.39 is 5.92 Å². The van der Waals surface area contributed by atoms with Crippen molar-refractivity contribution in [1.29, 1.82) is 21.0 Å². The minimum Gasteiger partial charge on any atom is -0.496 e. The molecule has 0 amide bonds. The van der Waals surface area contributed by atoms with Crippen molar-refractivity contribution in [3.63, 3.8) is 0 Å². The van der Waals surface area contributed by atoms with E-state index in [0.29, 0.717) is 0 Å². The zero-order valence-electron chi connectivity index (χ0n) is 7.77. The quantitative estimate of drug-likeness (QED) is 0.356. The predicted molar refractivity (Wildman–Crippen MR) is 45.7 cm³/mol. The Morgan fingerprint density at radius 3 is 1.71 bits per heavy atom. The van der Waals surface area contributed by atoms with Gasteiger partial charge in [-0.2, -0.15) is 21.0 Å². The summed E-state index contributed by atoms with van der Waals surface area (Å²) in [5.41, 5.74) is -0.351. The third-order valence-corrected chi connectivity index (χ3v) is 1.21. The van der Waals surface area contributed by atoms with Crippen LogP contribution in [0.15, 0.2) is 11.3 Å². The molecule has 0 N–H and O–H groups in total. The van der Waals surface area contributed by atoms with E-state index in [1.165, 1.54) is 7.11 Å². The van der Waals surface area contributed by atoms with E-state index in [1.807, 2.05) is 0 Å². The van der Waals surface area contributed by atoms with Gasteiger partial charge in [0.15, 0.2) is 17.3 Å². The Morgan fingerprint density at radius 2 is 1.50 bits per heavy atom. The normalized spacial score (nSPS) is 6.71. The molecule has 0 rings (SSSR count). The van der Waals surface area contributed by atoms with Crippen LogP contribution in [-0.4, -0.2) is 36.7 Å². The van der Waals surface area contributed by atoms with Crippen molar-refractivity contribution < 1.29 is 4.74 Å². The average Bonchev–Trinajstić information content (AvgIpc) is 2.18. The fourth-order valence-electron chi connectivity index (χ4n) is 0.646. The van der Waals surface area contributed by atoms with Gasteiger partial charge in [0.1, 0.15) is 12.1 Å². The summed E-state index contributed by atoms with van der Waals surface area (Å²) in [5.74, 6) is -1.41. The van der Waals surface area contributed by atoms with Crippen molar-refractivity contribution in [3.05, 3.63) is 11.3 Å². The molecule has 0 aliphatic heterocycles. The predicted octanol–water partition coefficient (Wildman–Crippen LogP) is 0.217. The first-order chi connectivity index (χ1) is 6.24. The van der Waals surface area contributed by atoms with Crippen LogP contribution in [0.1, 0.15) is 0 Å². The molecule has 0 bridgehead atoms. The van der Waals surface area contributed by atoms with Crippen molar-refractivity contribution in [2.24, 2.45) is 5.92 Å². The number of ether oxygens (including phenoxy) is 1. The second-order valence-electron chi connectivity index (χ2n) is 1.86. The van der Waals surface area contributed by atoms with Crippen LogP contribution < -0.4 is 0 Å². The summed E-state index contributed by atoms with van der Waals surface area (Å²) in [6.07, 6.45) is 0. The van der Waals surface area contributed by atoms with E-state index in [4.69, 9.17) is 21.0 Å². The molecule has 0 aliphatic rings. The standard InChI is InChI=1S/C8H4N4O.Na/c1-13-8(6(2-9)3-10)7(4-11)5-12;/h6H,1H3;. The van der Waals surface area contributed by atoms with Gasteiger partial charge in [0.2, 0.25) is 0 Å². The maximum Gasteiger partial charge on any atom is 0.192 e. The number of hydrogen-bond acceptors (Lipinski definition) is 5. The molecule has 6 heteroatoms. The zero-order chi connectivity index (χ0) is 10.3. The van der Waals surface area contributed by atoms with Gasteiger partial charge in [0.05, 0.1) is 19.2 Å². The maximum absolute atomic E-state index is 8.46. The molecule has 0 aromatic carbocycles. The number of rotatable bonds is 2. The molecule has 0 aromatic rings. The summed E-state index contributed by atoms with van der Waals surface area (Å²) < 4.78 is 4.63. The summed E-state index contributed by atoms with van der Waals surface area (Å²) in [5, 5.41) is 33.8. The van der Waals surface area contributed by atoms with Crippen molar-refractivity contribution in [1.82, 2.24) is 0 Å². The summed E-state index contributed by atoms with van der Waals surface area (Å²) >= 11 is 0. The Morgan fingerprint density at radius 1 is 1.07 bits per heavy atom. The van der Waals surface area contributed by atoms with E-state index >= 15 is 0 Å². The van der Waals surface area contributed by atoms with Crippen molar-refractivity contribution in [3.8, 4) is 24.3 Å². The summed E-state index contributed by atoms with van der Waals surface area (Å²) in [6, 6.07) is 6.30. The Balaban J connectivity index is 0. The molecule has 0 atom stereocenters. The fraction of sp³-hybridized carbons (Fsp3) is 0.250. The molecular formula is C8H4N4NaO. The molecule has 0 saturated heterocycles. The molecular weight excluding hydrogens is 191 g/mol. The average molecular weight is 195 g/mol. The zero-order valence-corrected chi connectivity index (χ0v) is 9.77. The first-order valence-corrected chi connectivity index (χ1v) is 3.12. The van der Waals surface area contributed by atoms with Crippen LogP contribution in [0.4, 0.5) is 0 Å². The minimum absolute atomic E-state index is 0. The molecule has 1 radical (unpaired) electrons. The molecule has 0 heterocycles. The molecule has 0 saturated carbocycles. The van der Waals surface area contributed by atoms with Crippen LogP contribution in [0.3, 0.4) is 0 Å². The second kappa shape index (κ2) is 8.11. The van der Waals surface area contributed by atoms with Gasteiger partial charge in [-0.1, -0.05) is 0 Å². The summed E-state index contributed by atoms with van der Waals surface area (Å²) in [7, 11) is 1.20. The van der Waals surface area contributed by atoms with Crippen molar-refractivity contribution in [2.75, 3.05) is 7.11 Å². The Labute approximate surface area is 104 Å². The number of nitriles is 4. The molecule has 0 aromatic heterocycles. The van der Waals surface area contributed by atoms with Gasteiger partial charge in [0.25, 0.3) is 0 Å². The van der Waals surface area contributed by atoms with Crippen LogP contribution in [0, 0.1) is 51.2 Å². The van der Waals surface area contributed by atoms with E-state index in [1.54, 1.807) is 24.3 Å². The van der Waals surface area contributed by atoms with Gasteiger partial charge in [-0.25, -0.2) is 0 Å². The number of hydrogen-bond donors (Lipinski definition) is 0. The molecule has 5 nitrogen and oxygen atoms in total. The van der Waals surface area contributed by atoms with E-state index in [2.05, 4.69) is 4.74 Å². The maximum atomic E-state index is 8.46. The molecule has 63 valence electrons. The van der Waals surface area contributed by atoms with Gasteiger partial charge in [-0.05, 0) is 0 Å². The van der Waals surface area contributed by atoms with Crippen LogP contribution >= 0.6 is 0 Å². The fourth-order valence-corrected chi connectivity index (χ4v) is 0.646. The Kier molecular flexibility index (Phi) is 8.69. The van der Waals surface area contributed by atoms with Crippen LogP contribution in [0.25, 0.3) is 0 Å². The number of methoxy groups -OCH3 is 1. The van der Waals surface area contributed by atoms with Gasteiger partial charge in [0, 0.05) is 29.6 Å². The SMILES string of the molecule is COC(=C(C#N)C#N)C(C#N)C#N.[Na]. The molecule has 0 unspecified atom stereocenters. The topological polar surface area (TPSA) is 104 Å². The van der Waals surface area contributed by atoms with E-state index in [0.717, 1.165) is 0 Å². The Hall–Kier alpha value is -1.50. The first-order valence-electron chi connectivity index (χ1n) is 3.12. The third-order valence-electron chi connectivity index (χ3n) is 1.21. The third kappa shape index (κ3) is 3.48. The van der Waals surface area contributed by atoms with Gasteiger partial charge in [-0.3, -0.25) is 0 Å². The van der Waals surface area contributed by atoms with Crippen LogP contribution in [0.2, 0.25) is 0 Å². The van der Waals surface area contributed by atoms with Crippen molar-refractivity contribution >= 4 is 29.6 Å². The number of nitrogens with zero attached hydrogens (tertiary/aromatic N) is 4. The molecule has 0 aliphatic carbocycles. The van der Waals surface area contributed by atoms with Gasteiger partial charge in [-0.15, -0.1) is 0 Å². The smallest absolute Gasteiger partial charge is 0.192 e. The van der Waals surface area contributed by atoms with E-state index in [9.17, 15) is 0 Å². The molecule has 0 spiro atoms. The van der Waals surface area contributed by atoms with Crippen LogP contribution in [0.5, 0.6) is 0 Å². The summed E-state index contributed by atoms with van der Waals surface area (Å²) in [4.78, 5) is 0. The monoisotopic (exact) mass is 195 g/mol. The molecule has 0 fully saturated rings. The second-order valence-corrected chi connectivity index (χ2v) is 1.86. The minimum atomic E-state index is -1.21.